The first-order valence-corrected chi connectivity index (χ1v) is 9.94. The van der Waals surface area contributed by atoms with Gasteiger partial charge in [-0.25, -0.2) is 14.2 Å². The lowest BCUT2D eigenvalue weighted by Gasteiger charge is -2.15. The molecule has 0 aliphatic heterocycles. The van der Waals surface area contributed by atoms with Crippen molar-refractivity contribution >= 4 is 16.9 Å². The van der Waals surface area contributed by atoms with E-state index in [1.165, 1.54) is 29.5 Å². The van der Waals surface area contributed by atoms with Gasteiger partial charge in [0.2, 0.25) is 0 Å². The molecule has 1 aliphatic carbocycles. The fourth-order valence-corrected chi connectivity index (χ4v) is 4.05. The summed E-state index contributed by atoms with van der Waals surface area (Å²) < 4.78 is 62.7. The van der Waals surface area contributed by atoms with Crippen molar-refractivity contribution in [2.24, 2.45) is 0 Å². The van der Waals surface area contributed by atoms with Gasteiger partial charge in [-0.3, -0.25) is 9.51 Å². The molecule has 1 aliphatic rings. The molecule has 0 bridgehead atoms. The minimum Gasteiger partial charge on any atom is -0.488 e. The van der Waals surface area contributed by atoms with Crippen LogP contribution in [0.2, 0.25) is 0 Å². The van der Waals surface area contributed by atoms with Crippen molar-refractivity contribution in [1.29, 1.82) is 0 Å². The third kappa shape index (κ3) is 4.61. The van der Waals surface area contributed by atoms with Gasteiger partial charge in [0.1, 0.15) is 23.2 Å². The Labute approximate surface area is 176 Å². The van der Waals surface area contributed by atoms with Crippen LogP contribution in [0.3, 0.4) is 0 Å². The first-order valence-electron chi connectivity index (χ1n) is 9.13. The van der Waals surface area contributed by atoms with E-state index in [2.05, 4.69) is 19.6 Å². The fourth-order valence-electron chi connectivity index (χ4n) is 3.02. The Morgan fingerprint density at radius 1 is 1.26 bits per heavy atom. The molecule has 1 N–H and O–H groups in total. The molecule has 11 heteroatoms. The molecule has 6 nitrogen and oxygen atoms in total. The van der Waals surface area contributed by atoms with Crippen LogP contribution in [0.15, 0.2) is 45.2 Å². The summed E-state index contributed by atoms with van der Waals surface area (Å²) in [5, 5.41) is 4.09. The summed E-state index contributed by atoms with van der Waals surface area (Å²) in [4.78, 5) is 18.5. The standard InChI is InChI=1S/C20H15F4N3O3S/c1-10-16(31-18(25-10)11-2-4-12(5-3-11)20(22,23)24)9-29-13-6-7-14(15(21)8-13)17-26-19(28)30-27-17/h2,4,6-8H,3,5,9H2,1H3,(H,26,27,28). The van der Waals surface area contributed by atoms with Crippen molar-refractivity contribution in [2.75, 3.05) is 0 Å². The summed E-state index contributed by atoms with van der Waals surface area (Å²) in [5.74, 6) is -1.20. The van der Waals surface area contributed by atoms with Gasteiger partial charge >= 0.3 is 11.9 Å². The van der Waals surface area contributed by atoms with Crippen molar-refractivity contribution in [1.82, 2.24) is 15.1 Å². The highest BCUT2D eigenvalue weighted by Gasteiger charge is 2.34. The number of aromatic nitrogens is 3. The molecular weight excluding hydrogens is 438 g/mol. The number of hydrogen-bond acceptors (Lipinski definition) is 6. The quantitative estimate of drug-likeness (QED) is 0.539. The van der Waals surface area contributed by atoms with E-state index in [1.807, 2.05) is 0 Å². The van der Waals surface area contributed by atoms with Crippen LogP contribution in [-0.4, -0.2) is 21.3 Å². The number of allylic oxidation sites excluding steroid dienone is 4. The minimum absolute atomic E-state index is 0.0273. The molecule has 0 saturated heterocycles. The number of nitrogens with zero attached hydrogens (tertiary/aromatic N) is 2. The lowest BCUT2D eigenvalue weighted by molar-refractivity contribution is -0.0939. The second-order valence-corrected chi connectivity index (χ2v) is 7.87. The maximum atomic E-state index is 14.3. The number of thiazole rings is 1. The van der Waals surface area contributed by atoms with Gasteiger partial charge in [0.15, 0.2) is 5.82 Å². The SMILES string of the molecule is Cc1nc(C2=CC=C(C(F)(F)F)CC2)sc1COc1ccc(-c2noc(=O)[nH]2)c(F)c1. The molecule has 0 fully saturated rings. The summed E-state index contributed by atoms with van der Waals surface area (Å²) in [5.41, 5.74) is 0.950. The average molecular weight is 453 g/mol. The number of alkyl halides is 3. The molecule has 0 amide bonds. The van der Waals surface area contributed by atoms with E-state index in [4.69, 9.17) is 4.74 Å². The normalized spacial score (nSPS) is 14.4. The van der Waals surface area contributed by atoms with Gasteiger partial charge in [0, 0.05) is 11.6 Å². The highest BCUT2D eigenvalue weighted by Crippen LogP contribution is 2.37. The highest BCUT2D eigenvalue weighted by molar-refractivity contribution is 7.12. The smallest absolute Gasteiger partial charge is 0.439 e. The maximum Gasteiger partial charge on any atom is 0.439 e. The molecule has 31 heavy (non-hydrogen) atoms. The second-order valence-electron chi connectivity index (χ2n) is 6.78. The van der Waals surface area contributed by atoms with Crippen molar-refractivity contribution in [3.05, 3.63) is 67.9 Å². The topological polar surface area (TPSA) is 81.0 Å². The van der Waals surface area contributed by atoms with E-state index < -0.39 is 23.3 Å². The zero-order chi connectivity index (χ0) is 22.2. The summed E-state index contributed by atoms with van der Waals surface area (Å²) in [6.07, 6.45) is -1.58. The number of aromatic amines is 1. The predicted octanol–water partition coefficient (Wildman–Crippen LogP) is 5.18. The van der Waals surface area contributed by atoms with Gasteiger partial charge in [0.25, 0.3) is 0 Å². The molecule has 3 aromatic rings. The molecule has 0 saturated carbocycles. The number of aryl methyl sites for hydroxylation is 1. The zero-order valence-electron chi connectivity index (χ0n) is 16.0. The highest BCUT2D eigenvalue weighted by atomic mass is 32.1. The largest absolute Gasteiger partial charge is 0.488 e. The monoisotopic (exact) mass is 453 g/mol. The van der Waals surface area contributed by atoms with Gasteiger partial charge in [-0.2, -0.15) is 13.2 Å². The molecule has 0 unspecified atom stereocenters. The third-order valence-electron chi connectivity index (χ3n) is 4.69. The van der Waals surface area contributed by atoms with Gasteiger partial charge in [-0.1, -0.05) is 17.3 Å². The first-order chi connectivity index (χ1) is 14.7. The van der Waals surface area contributed by atoms with E-state index in [-0.39, 0.29) is 36.6 Å². The van der Waals surface area contributed by atoms with Crippen LogP contribution in [-0.2, 0) is 6.61 Å². The van der Waals surface area contributed by atoms with Crippen molar-refractivity contribution in [3.63, 3.8) is 0 Å². The van der Waals surface area contributed by atoms with Crippen molar-refractivity contribution in [2.45, 2.75) is 32.5 Å². The van der Waals surface area contributed by atoms with E-state index in [9.17, 15) is 22.4 Å². The molecule has 0 spiro atoms. The fraction of sp³-hybridized carbons (Fsp3) is 0.250. The zero-order valence-corrected chi connectivity index (χ0v) is 16.9. The third-order valence-corrected chi connectivity index (χ3v) is 5.89. The lowest BCUT2D eigenvalue weighted by Crippen LogP contribution is -2.13. The molecule has 0 atom stereocenters. The molecule has 1 aromatic carbocycles. The Morgan fingerprint density at radius 3 is 2.68 bits per heavy atom. The van der Waals surface area contributed by atoms with Gasteiger partial charge in [0.05, 0.1) is 16.1 Å². The van der Waals surface area contributed by atoms with Crippen LogP contribution in [0.4, 0.5) is 17.6 Å². The number of rotatable bonds is 5. The Hall–Kier alpha value is -3.21. The van der Waals surface area contributed by atoms with E-state index in [0.29, 0.717) is 10.7 Å². The number of benzene rings is 1. The summed E-state index contributed by atoms with van der Waals surface area (Å²) >= 11 is 1.33. The Balaban J connectivity index is 1.46. The molecule has 162 valence electrons. The lowest BCUT2D eigenvalue weighted by atomic mass is 9.98. The Bertz CT molecular complexity index is 1240. The van der Waals surface area contributed by atoms with Crippen molar-refractivity contribution < 1.29 is 26.8 Å². The molecular formula is C20H15F4N3O3S. The van der Waals surface area contributed by atoms with Crippen LogP contribution in [0.5, 0.6) is 5.75 Å². The van der Waals surface area contributed by atoms with E-state index in [0.717, 1.165) is 22.6 Å². The molecule has 2 heterocycles. The number of hydrogen-bond donors (Lipinski definition) is 1. The minimum atomic E-state index is -4.31. The first kappa shape index (κ1) is 21.0. The molecule has 4 rings (SSSR count). The van der Waals surface area contributed by atoms with Crippen LogP contribution >= 0.6 is 11.3 Å². The predicted molar refractivity (Wildman–Crippen MR) is 105 cm³/mol. The summed E-state index contributed by atoms with van der Waals surface area (Å²) in [7, 11) is 0. The van der Waals surface area contributed by atoms with E-state index in [1.54, 1.807) is 6.92 Å². The summed E-state index contributed by atoms with van der Waals surface area (Å²) in [6, 6.07) is 4.09. The number of nitrogens with one attached hydrogen (secondary N) is 1. The van der Waals surface area contributed by atoms with Crippen LogP contribution < -0.4 is 10.5 Å². The van der Waals surface area contributed by atoms with Crippen LogP contribution in [0.1, 0.15) is 28.4 Å². The van der Waals surface area contributed by atoms with Crippen LogP contribution in [0, 0.1) is 12.7 Å². The van der Waals surface area contributed by atoms with Gasteiger partial charge in [-0.05, 0) is 37.5 Å². The molecule has 0 radical (unpaired) electrons. The average Bonchev–Trinajstić information content (AvgIpc) is 3.31. The maximum absolute atomic E-state index is 14.3. The number of halogens is 4. The Kier molecular flexibility index (Phi) is 5.52. The second kappa shape index (κ2) is 8.14. The number of H-pyrrole nitrogens is 1. The van der Waals surface area contributed by atoms with E-state index >= 15 is 0 Å². The Morgan fingerprint density at radius 2 is 2.06 bits per heavy atom. The molecule has 2 aromatic heterocycles. The number of ether oxygens (including phenoxy) is 1. The summed E-state index contributed by atoms with van der Waals surface area (Å²) in [6.45, 7) is 1.91. The van der Waals surface area contributed by atoms with Gasteiger partial charge < -0.3 is 4.74 Å². The van der Waals surface area contributed by atoms with Crippen LogP contribution in [0.25, 0.3) is 17.0 Å². The van der Waals surface area contributed by atoms with Crippen molar-refractivity contribution in [3.8, 4) is 17.1 Å². The van der Waals surface area contributed by atoms with Gasteiger partial charge in [-0.15, -0.1) is 11.3 Å².